The van der Waals surface area contributed by atoms with E-state index in [9.17, 15) is 4.79 Å². The van der Waals surface area contributed by atoms with Gasteiger partial charge in [0.2, 0.25) is 0 Å². The lowest BCUT2D eigenvalue weighted by atomic mass is 10.0. The maximum atomic E-state index is 10.8. The summed E-state index contributed by atoms with van der Waals surface area (Å²) in [6.45, 7) is 5.42. The van der Waals surface area contributed by atoms with Crippen LogP contribution in [0.4, 0.5) is 0 Å². The summed E-state index contributed by atoms with van der Waals surface area (Å²) in [6.07, 6.45) is 3.18. The Kier molecular flexibility index (Phi) is 7.87. The normalized spacial score (nSPS) is 16.5. The Morgan fingerprint density at radius 1 is 1.32 bits per heavy atom. The lowest BCUT2D eigenvalue weighted by molar-refractivity contribution is -0.138. The van der Waals surface area contributed by atoms with Gasteiger partial charge in [0.15, 0.2) is 0 Å². The van der Waals surface area contributed by atoms with Gasteiger partial charge >= 0.3 is 5.97 Å². The minimum Gasteiger partial charge on any atom is -0.480 e. The van der Waals surface area contributed by atoms with E-state index >= 15 is 0 Å². The first-order chi connectivity index (χ1) is 10.1. The molecule has 5 heteroatoms. The SMILES string of the molecule is CCc1cccc(CN2CCC(N(C)CC(=O)O)CC2)c1.Cl. The summed E-state index contributed by atoms with van der Waals surface area (Å²) >= 11 is 0. The third kappa shape index (κ3) is 5.59. The average Bonchev–Trinajstić information content (AvgIpc) is 2.47. The first kappa shape index (κ1) is 18.9. The Balaban J connectivity index is 0.00000242. The number of hydrogen-bond acceptors (Lipinski definition) is 3. The predicted octanol–water partition coefficient (Wildman–Crippen LogP) is 2.65. The minimum atomic E-state index is -0.740. The molecular formula is C17H27ClN2O2. The number of nitrogens with zero attached hydrogens (tertiary/aromatic N) is 2. The largest absolute Gasteiger partial charge is 0.480 e. The maximum absolute atomic E-state index is 10.8. The van der Waals surface area contributed by atoms with Gasteiger partial charge in [-0.3, -0.25) is 14.6 Å². The third-order valence-corrected chi connectivity index (χ3v) is 4.37. The van der Waals surface area contributed by atoms with Gasteiger partial charge in [-0.15, -0.1) is 12.4 Å². The summed E-state index contributed by atoms with van der Waals surface area (Å²) in [4.78, 5) is 15.2. The number of likely N-dealkylation sites (tertiary alicyclic amines) is 1. The minimum absolute atomic E-state index is 0. The molecule has 1 heterocycles. The van der Waals surface area contributed by atoms with Crippen molar-refractivity contribution in [1.82, 2.24) is 9.80 Å². The van der Waals surface area contributed by atoms with E-state index in [1.165, 1.54) is 11.1 Å². The van der Waals surface area contributed by atoms with Gasteiger partial charge < -0.3 is 5.11 Å². The zero-order chi connectivity index (χ0) is 15.2. The van der Waals surface area contributed by atoms with Crippen molar-refractivity contribution in [2.75, 3.05) is 26.7 Å². The molecule has 1 aliphatic heterocycles. The number of rotatable bonds is 6. The molecule has 2 rings (SSSR count). The van der Waals surface area contributed by atoms with Crippen molar-refractivity contribution in [1.29, 1.82) is 0 Å². The number of piperidine rings is 1. The standard InChI is InChI=1S/C17H26N2O2.ClH/c1-3-14-5-4-6-15(11-14)12-19-9-7-16(8-10-19)18(2)13-17(20)21;/h4-6,11,16H,3,7-10,12-13H2,1-2H3,(H,20,21);1H. The van der Waals surface area contributed by atoms with Crippen molar-refractivity contribution >= 4 is 18.4 Å². The highest BCUT2D eigenvalue weighted by atomic mass is 35.5. The second kappa shape index (κ2) is 9.13. The molecule has 124 valence electrons. The number of carbonyl (C=O) groups is 1. The van der Waals surface area contributed by atoms with E-state index in [-0.39, 0.29) is 19.0 Å². The van der Waals surface area contributed by atoms with Crippen molar-refractivity contribution < 1.29 is 9.90 Å². The number of hydrogen-bond donors (Lipinski definition) is 1. The Labute approximate surface area is 139 Å². The zero-order valence-electron chi connectivity index (χ0n) is 13.5. The van der Waals surface area contributed by atoms with Crippen LogP contribution in [0.3, 0.4) is 0 Å². The highest BCUT2D eigenvalue weighted by molar-refractivity contribution is 5.85. The highest BCUT2D eigenvalue weighted by Crippen LogP contribution is 2.18. The van der Waals surface area contributed by atoms with Crippen molar-refractivity contribution in [2.45, 2.75) is 38.8 Å². The number of halogens is 1. The zero-order valence-corrected chi connectivity index (χ0v) is 14.3. The number of aryl methyl sites for hydroxylation is 1. The van der Waals surface area contributed by atoms with Crippen LogP contribution in [-0.4, -0.2) is 53.6 Å². The van der Waals surface area contributed by atoms with Gasteiger partial charge in [-0.2, -0.15) is 0 Å². The summed E-state index contributed by atoms with van der Waals surface area (Å²) in [7, 11) is 1.92. The van der Waals surface area contributed by atoms with Crippen LogP contribution >= 0.6 is 12.4 Å². The van der Waals surface area contributed by atoms with Gasteiger partial charge in [0.25, 0.3) is 0 Å². The molecule has 1 saturated heterocycles. The van der Waals surface area contributed by atoms with Crippen LogP contribution in [0.2, 0.25) is 0 Å². The van der Waals surface area contributed by atoms with Crippen molar-refractivity contribution in [3.63, 3.8) is 0 Å². The van der Waals surface area contributed by atoms with Crippen molar-refractivity contribution in [2.24, 2.45) is 0 Å². The van der Waals surface area contributed by atoms with Crippen molar-refractivity contribution in [3.8, 4) is 0 Å². The van der Waals surface area contributed by atoms with Crippen molar-refractivity contribution in [3.05, 3.63) is 35.4 Å². The number of benzene rings is 1. The first-order valence-corrected chi connectivity index (χ1v) is 7.80. The first-order valence-electron chi connectivity index (χ1n) is 7.80. The molecule has 0 bridgehead atoms. The number of carboxylic acids is 1. The number of likely N-dealkylation sites (N-methyl/N-ethyl adjacent to an activating group) is 1. The van der Waals surface area contributed by atoms with Gasteiger partial charge in [-0.25, -0.2) is 0 Å². The van der Waals surface area contributed by atoms with E-state index in [0.717, 1.165) is 38.9 Å². The number of carboxylic acid groups (broad SMARTS) is 1. The van der Waals surface area contributed by atoms with E-state index in [0.29, 0.717) is 6.04 Å². The fraction of sp³-hybridized carbons (Fsp3) is 0.588. The van der Waals surface area contributed by atoms with Gasteiger partial charge in [-0.1, -0.05) is 31.2 Å². The van der Waals surface area contributed by atoms with Gasteiger partial charge in [0.05, 0.1) is 6.54 Å². The molecule has 0 amide bonds. The Morgan fingerprint density at radius 2 is 1.95 bits per heavy atom. The smallest absolute Gasteiger partial charge is 0.317 e. The quantitative estimate of drug-likeness (QED) is 0.873. The molecular weight excluding hydrogens is 300 g/mol. The molecule has 0 aliphatic carbocycles. The van der Waals surface area contributed by atoms with Gasteiger partial charge in [-0.05, 0) is 50.5 Å². The summed E-state index contributed by atoms with van der Waals surface area (Å²) in [5, 5.41) is 8.86. The predicted molar refractivity (Wildman–Crippen MR) is 91.6 cm³/mol. The molecule has 1 fully saturated rings. The monoisotopic (exact) mass is 326 g/mol. The Hall–Kier alpha value is -1.10. The molecule has 0 radical (unpaired) electrons. The molecule has 1 aliphatic rings. The van der Waals surface area contributed by atoms with Crippen LogP contribution in [0.1, 0.15) is 30.9 Å². The van der Waals surface area contributed by atoms with Crippen LogP contribution in [-0.2, 0) is 17.8 Å². The second-order valence-corrected chi connectivity index (χ2v) is 5.99. The highest BCUT2D eigenvalue weighted by Gasteiger charge is 2.23. The second-order valence-electron chi connectivity index (χ2n) is 5.99. The van der Waals surface area contributed by atoms with E-state index in [1.54, 1.807) is 0 Å². The molecule has 1 aromatic rings. The van der Waals surface area contributed by atoms with E-state index in [1.807, 2.05) is 11.9 Å². The fourth-order valence-corrected chi connectivity index (χ4v) is 3.07. The molecule has 0 spiro atoms. The molecule has 0 aromatic heterocycles. The summed E-state index contributed by atoms with van der Waals surface area (Å²) < 4.78 is 0. The Bertz CT molecular complexity index is 473. The lowest BCUT2D eigenvalue weighted by Crippen LogP contribution is -2.44. The average molecular weight is 327 g/mol. The van der Waals surface area contributed by atoms with Crippen LogP contribution in [0.25, 0.3) is 0 Å². The van der Waals surface area contributed by atoms with Crippen LogP contribution < -0.4 is 0 Å². The van der Waals surface area contributed by atoms with E-state index < -0.39 is 5.97 Å². The van der Waals surface area contributed by atoms with Crippen LogP contribution in [0.5, 0.6) is 0 Å². The van der Waals surface area contributed by atoms with E-state index in [4.69, 9.17) is 5.11 Å². The molecule has 22 heavy (non-hydrogen) atoms. The lowest BCUT2D eigenvalue weighted by Gasteiger charge is -2.36. The molecule has 1 N–H and O–H groups in total. The Morgan fingerprint density at radius 3 is 2.55 bits per heavy atom. The third-order valence-electron chi connectivity index (χ3n) is 4.37. The van der Waals surface area contributed by atoms with Gasteiger partial charge in [0.1, 0.15) is 0 Å². The molecule has 0 saturated carbocycles. The summed E-state index contributed by atoms with van der Waals surface area (Å²) in [5.74, 6) is -0.740. The summed E-state index contributed by atoms with van der Waals surface area (Å²) in [5.41, 5.74) is 2.77. The fourth-order valence-electron chi connectivity index (χ4n) is 3.07. The molecule has 4 nitrogen and oxygen atoms in total. The van der Waals surface area contributed by atoms with Crippen LogP contribution in [0, 0.1) is 0 Å². The molecule has 0 unspecified atom stereocenters. The molecule has 0 atom stereocenters. The summed E-state index contributed by atoms with van der Waals surface area (Å²) in [6, 6.07) is 9.21. The van der Waals surface area contributed by atoms with Crippen LogP contribution in [0.15, 0.2) is 24.3 Å². The number of aliphatic carboxylic acids is 1. The topological polar surface area (TPSA) is 43.8 Å². The van der Waals surface area contributed by atoms with E-state index in [2.05, 4.69) is 36.1 Å². The molecule has 1 aromatic carbocycles. The maximum Gasteiger partial charge on any atom is 0.317 e. The van der Waals surface area contributed by atoms with Gasteiger partial charge in [0, 0.05) is 12.6 Å².